The van der Waals surface area contributed by atoms with Crippen molar-refractivity contribution in [2.45, 2.75) is 96.9 Å². The summed E-state index contributed by atoms with van der Waals surface area (Å²) in [7, 11) is 0. The van der Waals surface area contributed by atoms with E-state index in [0.29, 0.717) is 29.8 Å². The number of aromatic amines is 1. The van der Waals surface area contributed by atoms with Crippen LogP contribution in [0, 0.1) is 11.8 Å². The molecule has 0 atom stereocenters. The Morgan fingerprint density at radius 1 is 0.796 bits per heavy atom. The molecular formula is C37H42N8O4. The quantitative estimate of drug-likeness (QED) is 0.146. The highest BCUT2D eigenvalue weighted by molar-refractivity contribution is 5.89. The molecule has 3 aromatic heterocycles. The van der Waals surface area contributed by atoms with E-state index in [1.807, 2.05) is 28.8 Å². The molecule has 12 heteroatoms. The van der Waals surface area contributed by atoms with E-state index >= 15 is 0 Å². The summed E-state index contributed by atoms with van der Waals surface area (Å²) in [5.74, 6) is 0.621. The van der Waals surface area contributed by atoms with Gasteiger partial charge in [0.2, 0.25) is 0 Å². The van der Waals surface area contributed by atoms with E-state index in [2.05, 4.69) is 62.0 Å². The fraction of sp³-hybridized carbons (Fsp3) is 0.459. The van der Waals surface area contributed by atoms with Crippen LogP contribution in [0.4, 0.5) is 0 Å². The Balaban J connectivity index is 1.26. The molecule has 0 spiro atoms. The van der Waals surface area contributed by atoms with Crippen LogP contribution in [0.15, 0.2) is 48.5 Å². The predicted octanol–water partition coefficient (Wildman–Crippen LogP) is 7.04. The predicted molar refractivity (Wildman–Crippen MR) is 183 cm³/mol. The molecule has 254 valence electrons. The number of aryl methyl sites for hydroxylation is 1. The number of H-pyrrole nitrogens is 1. The second-order valence-electron chi connectivity index (χ2n) is 13.2. The summed E-state index contributed by atoms with van der Waals surface area (Å²) in [5.41, 5.74) is 4.85. The summed E-state index contributed by atoms with van der Waals surface area (Å²) in [6.45, 7) is 2.58. The Labute approximate surface area is 285 Å². The molecule has 2 aliphatic carbocycles. The molecule has 0 aliphatic heterocycles. The first kappa shape index (κ1) is 32.5. The lowest BCUT2D eigenvalue weighted by Crippen LogP contribution is -2.24. The molecular weight excluding hydrogens is 620 g/mol. The van der Waals surface area contributed by atoms with E-state index in [4.69, 9.17) is 14.5 Å². The number of esters is 2. The first-order valence-corrected chi connectivity index (χ1v) is 17.7. The number of hydrogen-bond donors (Lipinski definition) is 1. The zero-order chi connectivity index (χ0) is 33.6. The molecule has 0 amide bonds. The van der Waals surface area contributed by atoms with Gasteiger partial charge < -0.3 is 14.0 Å². The van der Waals surface area contributed by atoms with Gasteiger partial charge in [-0.05, 0) is 59.2 Å². The third-order valence-corrected chi connectivity index (χ3v) is 9.84. The molecule has 0 saturated heterocycles. The maximum Gasteiger partial charge on any atom is 0.315 e. The van der Waals surface area contributed by atoms with Crippen molar-refractivity contribution in [2.75, 3.05) is 0 Å². The van der Waals surface area contributed by atoms with Gasteiger partial charge in [-0.1, -0.05) is 100 Å². The summed E-state index contributed by atoms with van der Waals surface area (Å²) >= 11 is 0. The average molecular weight is 663 g/mol. The second-order valence-corrected chi connectivity index (χ2v) is 13.2. The number of nitrogens with one attached hydrogen (secondary N) is 1. The van der Waals surface area contributed by atoms with Crippen molar-refractivity contribution < 1.29 is 19.1 Å². The number of benzene rings is 2. The van der Waals surface area contributed by atoms with Crippen LogP contribution >= 0.6 is 0 Å². The Hall–Kier alpha value is -5.00. The van der Waals surface area contributed by atoms with Crippen molar-refractivity contribution in [1.29, 1.82) is 0 Å². The minimum atomic E-state index is -0.302. The highest BCUT2D eigenvalue weighted by atomic mass is 16.6. The lowest BCUT2D eigenvalue weighted by molar-refractivity contribution is -0.141. The van der Waals surface area contributed by atoms with Gasteiger partial charge in [-0.2, -0.15) is 0 Å². The monoisotopic (exact) mass is 662 g/mol. The Morgan fingerprint density at radius 3 is 2.06 bits per heavy atom. The van der Waals surface area contributed by atoms with E-state index in [-0.39, 0.29) is 35.5 Å². The molecule has 1 N–H and O–H groups in total. The first-order chi connectivity index (χ1) is 24.1. The number of nitrogens with zero attached hydrogens (tertiary/aromatic N) is 7. The zero-order valence-corrected chi connectivity index (χ0v) is 27.9. The maximum atomic E-state index is 13.4. The van der Waals surface area contributed by atoms with Crippen molar-refractivity contribution >= 4 is 23.0 Å². The van der Waals surface area contributed by atoms with Crippen LogP contribution in [0.2, 0.25) is 0 Å². The van der Waals surface area contributed by atoms with Gasteiger partial charge in [-0.3, -0.25) is 9.59 Å². The molecule has 5 aromatic rings. The maximum absolute atomic E-state index is 13.4. The van der Waals surface area contributed by atoms with Crippen LogP contribution in [-0.4, -0.2) is 52.3 Å². The van der Waals surface area contributed by atoms with Gasteiger partial charge in [-0.25, -0.2) is 10.1 Å². The fourth-order valence-electron chi connectivity index (χ4n) is 7.10. The molecule has 0 radical (unpaired) electrons. The molecule has 2 aromatic carbocycles. The van der Waals surface area contributed by atoms with Crippen LogP contribution in [0.1, 0.15) is 95.4 Å². The number of ether oxygens (including phenoxy) is 2. The highest BCUT2D eigenvalue weighted by Gasteiger charge is 2.30. The minimum absolute atomic E-state index is 0.0633. The number of fused-ring (bicyclic) bond motifs is 1. The van der Waals surface area contributed by atoms with Gasteiger partial charge in [0.25, 0.3) is 11.8 Å². The summed E-state index contributed by atoms with van der Waals surface area (Å²) < 4.78 is 14.0. The minimum Gasteiger partial charge on any atom is -0.403 e. The SMILES string of the molecule is CCCCc1nc2c(OC(=O)C3CCCCC3)nnc(OC(=O)C3CCCCC3)c2n1Cc1ccc(-c2ccccc2-c2nnn[nH]2)cc1. The highest BCUT2D eigenvalue weighted by Crippen LogP contribution is 2.35. The summed E-state index contributed by atoms with van der Waals surface area (Å²) in [4.78, 5) is 31.7. The van der Waals surface area contributed by atoms with Gasteiger partial charge in [0, 0.05) is 18.5 Å². The molecule has 12 nitrogen and oxygen atoms in total. The lowest BCUT2D eigenvalue weighted by Gasteiger charge is -2.20. The molecule has 2 aliphatic rings. The smallest absolute Gasteiger partial charge is 0.315 e. The van der Waals surface area contributed by atoms with Gasteiger partial charge in [0.15, 0.2) is 11.3 Å². The number of imidazole rings is 1. The molecule has 2 fully saturated rings. The van der Waals surface area contributed by atoms with Crippen LogP contribution < -0.4 is 9.47 Å². The topological polar surface area (TPSA) is 151 Å². The van der Waals surface area contributed by atoms with Crippen molar-refractivity contribution in [3.05, 3.63) is 59.9 Å². The van der Waals surface area contributed by atoms with Crippen molar-refractivity contribution in [3.63, 3.8) is 0 Å². The number of aromatic nitrogens is 8. The molecule has 3 heterocycles. The Kier molecular flexibility index (Phi) is 9.99. The molecule has 0 bridgehead atoms. The number of tetrazole rings is 1. The van der Waals surface area contributed by atoms with Gasteiger partial charge >= 0.3 is 11.9 Å². The summed E-state index contributed by atoms with van der Waals surface area (Å²) in [6, 6.07) is 16.3. The van der Waals surface area contributed by atoms with E-state index in [1.54, 1.807) is 0 Å². The van der Waals surface area contributed by atoms with Crippen molar-refractivity contribution in [2.24, 2.45) is 11.8 Å². The zero-order valence-electron chi connectivity index (χ0n) is 27.9. The summed E-state index contributed by atoms with van der Waals surface area (Å²) in [6.07, 6.45) is 12.1. The largest absolute Gasteiger partial charge is 0.403 e. The molecule has 49 heavy (non-hydrogen) atoms. The number of carbonyl (C=O) groups excluding carboxylic acids is 2. The van der Waals surface area contributed by atoms with Gasteiger partial charge in [0.1, 0.15) is 11.3 Å². The molecule has 0 unspecified atom stereocenters. The standard InChI is InChI=1S/C37H42N8O4/c1-2-3-18-30-38-31-32(45(30)23-24-19-21-25(22-20-24)28-16-10-11-17-29(28)33-39-43-44-40-33)35(49-37(47)27-14-8-5-9-15-27)42-41-34(31)48-36(46)26-12-6-4-7-13-26/h10-11,16-17,19-22,26-27H,2-9,12-15,18,23H2,1H3,(H,39,40,43,44). The van der Waals surface area contributed by atoms with Crippen LogP contribution in [-0.2, 0) is 22.6 Å². The number of carbonyl (C=O) groups is 2. The normalized spacial score (nSPS) is 15.8. The average Bonchev–Trinajstić information content (AvgIpc) is 3.82. The van der Waals surface area contributed by atoms with Crippen molar-refractivity contribution in [3.8, 4) is 34.3 Å². The number of unbranched alkanes of at least 4 members (excludes halogenated alkanes) is 1. The van der Waals surface area contributed by atoms with E-state index in [0.717, 1.165) is 105 Å². The van der Waals surface area contributed by atoms with Crippen LogP contribution in [0.3, 0.4) is 0 Å². The summed E-state index contributed by atoms with van der Waals surface area (Å²) in [5, 5.41) is 23.1. The van der Waals surface area contributed by atoms with Crippen LogP contribution in [0.25, 0.3) is 33.5 Å². The molecule has 2 saturated carbocycles. The van der Waals surface area contributed by atoms with Crippen molar-refractivity contribution in [1.82, 2.24) is 40.4 Å². The Morgan fingerprint density at radius 2 is 1.43 bits per heavy atom. The third-order valence-electron chi connectivity index (χ3n) is 9.84. The van der Waals surface area contributed by atoms with Gasteiger partial charge in [-0.15, -0.1) is 15.3 Å². The first-order valence-electron chi connectivity index (χ1n) is 17.7. The van der Waals surface area contributed by atoms with E-state index < -0.39 is 0 Å². The lowest BCUT2D eigenvalue weighted by atomic mass is 9.89. The van der Waals surface area contributed by atoms with E-state index in [9.17, 15) is 9.59 Å². The number of hydrogen-bond acceptors (Lipinski definition) is 10. The van der Waals surface area contributed by atoms with E-state index in [1.165, 1.54) is 0 Å². The van der Waals surface area contributed by atoms with Gasteiger partial charge in [0.05, 0.1) is 11.8 Å². The second kappa shape index (κ2) is 15.0. The third kappa shape index (κ3) is 7.23. The van der Waals surface area contributed by atoms with Crippen LogP contribution in [0.5, 0.6) is 11.8 Å². The Bertz CT molecular complexity index is 1890. The number of rotatable bonds is 11. The fourth-order valence-corrected chi connectivity index (χ4v) is 7.10. The molecule has 7 rings (SSSR count).